The van der Waals surface area contributed by atoms with Crippen LogP contribution in [0.4, 0.5) is 14.5 Å². The molecule has 0 aliphatic heterocycles. The molecule has 0 spiro atoms. The highest BCUT2D eigenvalue weighted by atomic mass is 19.3. The summed E-state index contributed by atoms with van der Waals surface area (Å²) in [4.78, 5) is 25.9. The molecule has 0 saturated carbocycles. The average molecular weight is 438 g/mol. The molecule has 0 radical (unpaired) electrons. The van der Waals surface area contributed by atoms with Gasteiger partial charge in [-0.3, -0.25) is 9.59 Å². The van der Waals surface area contributed by atoms with E-state index in [1.807, 2.05) is 49.4 Å². The predicted octanol–water partition coefficient (Wildman–Crippen LogP) is 4.97. The number of halogens is 2. The maximum absolute atomic E-state index is 13.1. The van der Waals surface area contributed by atoms with Gasteiger partial charge in [-0.25, -0.2) is 0 Å². The quantitative estimate of drug-likeness (QED) is 0.496. The fraction of sp³-hybridized carbons (Fsp3) is 0.200. The van der Waals surface area contributed by atoms with Crippen molar-refractivity contribution in [3.63, 3.8) is 0 Å². The number of carbonyl (C=O) groups excluding carboxylic acids is 2. The van der Waals surface area contributed by atoms with Crippen molar-refractivity contribution < 1.29 is 23.1 Å². The van der Waals surface area contributed by atoms with Crippen molar-refractivity contribution in [2.24, 2.45) is 0 Å². The predicted molar refractivity (Wildman–Crippen MR) is 119 cm³/mol. The molecule has 0 aliphatic rings. The summed E-state index contributed by atoms with van der Waals surface area (Å²) in [6, 6.07) is 21.7. The SMILES string of the molecule is Cc1ccccc1C(=O)NC(CCc1ccccc1)C(=O)Nc1ccccc1OC(F)F. The number of amides is 2. The zero-order valence-electron chi connectivity index (χ0n) is 17.6. The molecule has 3 rings (SSSR count). The van der Waals surface area contributed by atoms with Gasteiger partial charge in [-0.15, -0.1) is 0 Å². The van der Waals surface area contributed by atoms with Crippen LogP contribution in [-0.4, -0.2) is 24.5 Å². The number of aryl methyl sites for hydroxylation is 2. The van der Waals surface area contributed by atoms with Gasteiger partial charge in [-0.05, 0) is 49.1 Å². The number of nitrogens with one attached hydrogen (secondary N) is 2. The van der Waals surface area contributed by atoms with E-state index < -0.39 is 18.6 Å². The number of ether oxygens (including phenoxy) is 1. The Morgan fingerprint density at radius 3 is 2.28 bits per heavy atom. The largest absolute Gasteiger partial charge is 0.433 e. The Morgan fingerprint density at radius 1 is 0.906 bits per heavy atom. The minimum atomic E-state index is -3.03. The number of para-hydroxylation sites is 2. The van der Waals surface area contributed by atoms with Crippen LogP contribution in [0.25, 0.3) is 0 Å². The van der Waals surface area contributed by atoms with Gasteiger partial charge in [0.15, 0.2) is 0 Å². The van der Waals surface area contributed by atoms with Crippen molar-refractivity contribution in [3.05, 3.63) is 95.6 Å². The van der Waals surface area contributed by atoms with Crippen LogP contribution in [0.1, 0.15) is 27.9 Å². The lowest BCUT2D eigenvalue weighted by Gasteiger charge is -2.20. The van der Waals surface area contributed by atoms with E-state index in [0.717, 1.165) is 11.1 Å². The van der Waals surface area contributed by atoms with Crippen LogP contribution in [0.2, 0.25) is 0 Å². The Balaban J connectivity index is 1.79. The molecular weight excluding hydrogens is 414 g/mol. The number of anilines is 1. The van der Waals surface area contributed by atoms with Crippen LogP contribution in [0.15, 0.2) is 78.9 Å². The van der Waals surface area contributed by atoms with Gasteiger partial charge >= 0.3 is 6.61 Å². The van der Waals surface area contributed by atoms with Crippen molar-refractivity contribution in [1.29, 1.82) is 0 Å². The van der Waals surface area contributed by atoms with Gasteiger partial charge in [0.05, 0.1) is 5.69 Å². The standard InChI is InChI=1S/C25H24F2N2O3/c1-17-9-5-6-12-19(17)23(30)29-21(16-15-18-10-3-2-4-11-18)24(31)28-20-13-7-8-14-22(20)32-25(26)27/h2-14,21,25H,15-16H2,1H3,(H,28,31)(H,29,30). The summed E-state index contributed by atoms with van der Waals surface area (Å²) in [6.45, 7) is -1.21. The molecule has 5 nitrogen and oxygen atoms in total. The fourth-order valence-electron chi connectivity index (χ4n) is 3.28. The van der Waals surface area contributed by atoms with Crippen LogP contribution in [0, 0.1) is 6.92 Å². The van der Waals surface area contributed by atoms with E-state index in [4.69, 9.17) is 0 Å². The summed E-state index contributed by atoms with van der Waals surface area (Å²) in [5.74, 6) is -1.05. The maximum Gasteiger partial charge on any atom is 0.387 e. The van der Waals surface area contributed by atoms with Gasteiger partial charge in [0.1, 0.15) is 11.8 Å². The third-order valence-corrected chi connectivity index (χ3v) is 4.94. The second-order valence-corrected chi connectivity index (χ2v) is 7.23. The highest BCUT2D eigenvalue weighted by Gasteiger charge is 2.23. The van der Waals surface area contributed by atoms with Crippen molar-refractivity contribution in [2.75, 3.05) is 5.32 Å². The Morgan fingerprint density at radius 2 is 1.56 bits per heavy atom. The maximum atomic E-state index is 13.1. The second kappa shape index (κ2) is 11.0. The van der Waals surface area contributed by atoms with E-state index in [1.165, 1.54) is 18.2 Å². The van der Waals surface area contributed by atoms with E-state index in [-0.39, 0.29) is 17.3 Å². The van der Waals surface area contributed by atoms with Gasteiger partial charge < -0.3 is 15.4 Å². The molecule has 0 aliphatic carbocycles. The molecule has 32 heavy (non-hydrogen) atoms. The lowest BCUT2D eigenvalue weighted by atomic mass is 10.0. The Kier molecular flexibility index (Phi) is 7.91. The minimum absolute atomic E-state index is 0.104. The van der Waals surface area contributed by atoms with Crippen LogP contribution in [0.3, 0.4) is 0 Å². The van der Waals surface area contributed by atoms with Crippen LogP contribution < -0.4 is 15.4 Å². The average Bonchev–Trinajstić information content (AvgIpc) is 2.78. The van der Waals surface area contributed by atoms with Crippen molar-refractivity contribution in [2.45, 2.75) is 32.4 Å². The molecule has 0 fully saturated rings. The lowest BCUT2D eigenvalue weighted by Crippen LogP contribution is -2.44. The smallest absolute Gasteiger partial charge is 0.387 e. The van der Waals surface area contributed by atoms with Gasteiger partial charge in [0.25, 0.3) is 5.91 Å². The molecule has 0 bridgehead atoms. The number of rotatable bonds is 9. The number of alkyl halides is 2. The highest BCUT2D eigenvalue weighted by molar-refractivity contribution is 6.02. The third kappa shape index (κ3) is 6.38. The summed E-state index contributed by atoms with van der Waals surface area (Å²) >= 11 is 0. The van der Waals surface area contributed by atoms with E-state index >= 15 is 0 Å². The van der Waals surface area contributed by atoms with Gasteiger partial charge in [-0.1, -0.05) is 60.7 Å². The van der Waals surface area contributed by atoms with Gasteiger partial charge in [-0.2, -0.15) is 8.78 Å². The molecule has 2 amide bonds. The van der Waals surface area contributed by atoms with Crippen molar-refractivity contribution in [1.82, 2.24) is 5.32 Å². The summed E-state index contributed by atoms with van der Waals surface area (Å²) in [5, 5.41) is 5.40. The molecule has 2 N–H and O–H groups in total. The fourth-order valence-corrected chi connectivity index (χ4v) is 3.28. The number of carbonyl (C=O) groups is 2. The first-order chi connectivity index (χ1) is 15.4. The van der Waals surface area contributed by atoms with Gasteiger partial charge in [0, 0.05) is 5.56 Å². The molecule has 0 heterocycles. The molecule has 3 aromatic rings. The zero-order chi connectivity index (χ0) is 22.9. The van der Waals surface area contributed by atoms with Crippen molar-refractivity contribution >= 4 is 17.5 Å². The lowest BCUT2D eigenvalue weighted by molar-refractivity contribution is -0.118. The van der Waals surface area contributed by atoms with Crippen LogP contribution in [0.5, 0.6) is 5.75 Å². The highest BCUT2D eigenvalue weighted by Crippen LogP contribution is 2.26. The number of hydrogen-bond acceptors (Lipinski definition) is 3. The normalized spacial score (nSPS) is 11.6. The first-order valence-electron chi connectivity index (χ1n) is 10.2. The van der Waals surface area contributed by atoms with Gasteiger partial charge in [0.2, 0.25) is 5.91 Å². The molecule has 1 atom stereocenters. The molecular formula is C25H24F2N2O3. The summed E-state index contributed by atoms with van der Waals surface area (Å²) in [7, 11) is 0. The van der Waals surface area contributed by atoms with E-state index in [1.54, 1.807) is 18.2 Å². The summed E-state index contributed by atoms with van der Waals surface area (Å²) < 4.78 is 29.9. The van der Waals surface area contributed by atoms with E-state index in [0.29, 0.717) is 18.4 Å². The second-order valence-electron chi connectivity index (χ2n) is 7.23. The minimum Gasteiger partial charge on any atom is -0.433 e. The Labute approximate surface area is 185 Å². The third-order valence-electron chi connectivity index (χ3n) is 4.94. The number of hydrogen-bond donors (Lipinski definition) is 2. The van der Waals surface area contributed by atoms with Crippen LogP contribution >= 0.6 is 0 Å². The Bertz CT molecular complexity index is 1060. The first kappa shape index (κ1) is 22.9. The molecule has 3 aromatic carbocycles. The zero-order valence-corrected chi connectivity index (χ0v) is 17.6. The molecule has 1 unspecified atom stereocenters. The summed E-state index contributed by atoms with van der Waals surface area (Å²) in [5.41, 5.74) is 2.36. The topological polar surface area (TPSA) is 67.4 Å². The molecule has 166 valence electrons. The van der Waals surface area contributed by atoms with E-state index in [9.17, 15) is 18.4 Å². The first-order valence-corrected chi connectivity index (χ1v) is 10.2. The molecule has 7 heteroatoms. The molecule has 0 saturated heterocycles. The van der Waals surface area contributed by atoms with Crippen LogP contribution in [-0.2, 0) is 11.2 Å². The summed E-state index contributed by atoms with van der Waals surface area (Å²) in [6.07, 6.45) is 0.869. The number of benzene rings is 3. The van der Waals surface area contributed by atoms with Crippen molar-refractivity contribution in [3.8, 4) is 5.75 Å². The molecule has 0 aromatic heterocycles. The monoisotopic (exact) mass is 438 g/mol. The Hall–Kier alpha value is -3.74. The van der Waals surface area contributed by atoms with E-state index in [2.05, 4.69) is 15.4 Å².